The number of carbonyl (C=O) groups excluding carboxylic acids is 4. The minimum atomic E-state index is -5.19. The van der Waals surface area contributed by atoms with Crippen molar-refractivity contribution in [2.45, 2.75) is 30.6 Å². The zero-order chi connectivity index (χ0) is 30.0. The van der Waals surface area contributed by atoms with Crippen LogP contribution in [-0.2, 0) is 9.59 Å². The second-order valence-electron chi connectivity index (χ2n) is 10.0. The van der Waals surface area contributed by atoms with Gasteiger partial charge in [-0.3, -0.25) is 9.69 Å². The number of H-pyrrole nitrogens is 1. The van der Waals surface area contributed by atoms with Gasteiger partial charge in [0.1, 0.15) is 12.0 Å². The average molecular weight is 582 g/mol. The molecule has 3 fully saturated rings. The van der Waals surface area contributed by atoms with Crippen molar-refractivity contribution < 1.29 is 42.4 Å². The summed E-state index contributed by atoms with van der Waals surface area (Å²) < 4.78 is 31.5. The Morgan fingerprint density at radius 3 is 2.24 bits per heavy atom. The maximum atomic E-state index is 13.3. The normalized spacial score (nSPS) is 21.3. The summed E-state index contributed by atoms with van der Waals surface area (Å²) in [7, 11) is 0. The minimum absolute atomic E-state index is 0.0979. The number of imide groups is 1. The Labute approximate surface area is 238 Å². The first kappa shape index (κ1) is 28.6. The number of nitrogens with one attached hydrogen (secondary N) is 2. The minimum Gasteiger partial charge on any atom is -0.542 e. The number of piperazine rings is 1. The zero-order valence-electron chi connectivity index (χ0n) is 22.1. The van der Waals surface area contributed by atoms with E-state index in [9.17, 15) is 27.6 Å². The molecule has 2 aliphatic heterocycles. The predicted octanol–water partition coefficient (Wildman–Crippen LogP) is 2.50. The molecule has 0 spiro atoms. The van der Waals surface area contributed by atoms with Gasteiger partial charge in [-0.15, -0.1) is 0 Å². The van der Waals surface area contributed by atoms with E-state index >= 15 is 0 Å². The summed E-state index contributed by atoms with van der Waals surface area (Å²) in [6.45, 7) is 0.910. The van der Waals surface area contributed by atoms with Gasteiger partial charge in [0.25, 0.3) is 5.91 Å². The van der Waals surface area contributed by atoms with E-state index < -0.39 is 18.2 Å². The number of pyridine rings is 1. The third-order valence-corrected chi connectivity index (χ3v) is 7.38. The highest BCUT2D eigenvalue weighted by Gasteiger charge is 2.56. The Bertz CT molecular complexity index is 1490. The van der Waals surface area contributed by atoms with E-state index in [2.05, 4.69) is 10.3 Å². The summed E-state index contributed by atoms with van der Waals surface area (Å²) in [5.74, 6) is -3.01. The molecule has 2 aromatic carbocycles. The average Bonchev–Trinajstić information content (AvgIpc) is 3.73. The van der Waals surface area contributed by atoms with Gasteiger partial charge < -0.3 is 25.0 Å². The number of rotatable bonds is 4. The lowest BCUT2D eigenvalue weighted by molar-refractivity contribution is -0.377. The number of carboxylic acid groups (broad SMARTS) is 1. The van der Waals surface area contributed by atoms with Crippen molar-refractivity contribution in [3.63, 3.8) is 0 Å². The Balaban J connectivity index is 0.000000451. The fourth-order valence-corrected chi connectivity index (χ4v) is 5.22. The molecule has 2 N–H and O–H groups in total. The van der Waals surface area contributed by atoms with E-state index in [4.69, 9.17) is 9.90 Å². The van der Waals surface area contributed by atoms with Gasteiger partial charge in [-0.2, -0.15) is 13.2 Å². The predicted molar refractivity (Wildman–Crippen MR) is 140 cm³/mol. The molecule has 6 rings (SSSR count). The first-order valence-corrected chi connectivity index (χ1v) is 13.1. The van der Waals surface area contributed by atoms with Crippen molar-refractivity contribution >= 4 is 29.6 Å². The molecule has 10 nitrogen and oxygen atoms in total. The molecule has 3 aliphatic rings. The van der Waals surface area contributed by atoms with E-state index in [1.807, 2.05) is 72.9 Å². The maximum Gasteiger partial charge on any atom is 0.430 e. The van der Waals surface area contributed by atoms with Crippen molar-refractivity contribution in [2.24, 2.45) is 0 Å². The highest BCUT2D eigenvalue weighted by Crippen LogP contribution is 2.46. The molecule has 1 aromatic heterocycles. The second kappa shape index (κ2) is 11.5. The lowest BCUT2D eigenvalue weighted by Crippen LogP contribution is -2.55. The molecule has 5 amide bonds. The monoisotopic (exact) mass is 581 g/mol. The van der Waals surface area contributed by atoms with Crippen molar-refractivity contribution in [3.05, 3.63) is 84.7 Å². The van der Waals surface area contributed by atoms with Gasteiger partial charge in [-0.25, -0.2) is 14.6 Å². The fraction of sp³-hybridized carbons (Fsp3) is 0.276. The quantitative estimate of drug-likeness (QED) is 0.474. The molecule has 1 saturated carbocycles. The number of nitrogens with zero attached hydrogens (tertiary/aromatic N) is 3. The first-order valence-electron chi connectivity index (χ1n) is 13.1. The molecule has 1 aliphatic carbocycles. The summed E-state index contributed by atoms with van der Waals surface area (Å²) in [5.41, 5.74) is 3.69. The van der Waals surface area contributed by atoms with Crippen molar-refractivity contribution in [1.29, 1.82) is 0 Å². The molecule has 0 radical (unpaired) electrons. The summed E-state index contributed by atoms with van der Waals surface area (Å²) >= 11 is 0. The van der Waals surface area contributed by atoms with E-state index in [0.29, 0.717) is 18.8 Å². The van der Waals surface area contributed by atoms with Crippen LogP contribution >= 0.6 is 0 Å². The first-order chi connectivity index (χ1) is 20.1. The lowest BCUT2D eigenvalue weighted by atomic mass is 10.1. The number of benzene rings is 2. The van der Waals surface area contributed by atoms with E-state index in [1.165, 1.54) is 4.90 Å². The molecule has 2 saturated heterocycles. The molecule has 0 bridgehead atoms. The molecule has 3 aromatic rings. The Morgan fingerprint density at radius 1 is 0.952 bits per heavy atom. The number of hydrogen-bond donors (Lipinski definition) is 1. The molecule has 42 heavy (non-hydrogen) atoms. The number of aliphatic carboxylic acids is 1. The SMILES string of the molecule is O=C(Nc1cc[nH+]cc1-c1ccccc1)N1CCN2C(=O)N([C@H]3C[C@@H]3c3ccccc3)C(=O)[C@@H]2C1.O=C([O-])C(F)(F)F. The van der Waals surface area contributed by atoms with Crippen molar-refractivity contribution in [3.8, 4) is 11.1 Å². The van der Waals surface area contributed by atoms with E-state index in [1.54, 1.807) is 16.0 Å². The maximum absolute atomic E-state index is 13.3. The highest BCUT2D eigenvalue weighted by atomic mass is 19.4. The summed E-state index contributed by atoms with van der Waals surface area (Å²) in [6, 6.07) is 20.4. The third kappa shape index (κ3) is 5.90. The molecule has 13 heteroatoms. The molecular weight excluding hydrogens is 555 g/mol. The standard InChI is InChI=1S/C27H25N5O3.C2HF3O2/c33-25-24-17-30(26(34)29-22-11-12-28-16-21(22)19-9-5-2-6-10-19)13-14-31(24)27(35)32(25)23-15-20(23)18-7-3-1-4-8-18;3-2(4,5)1(6)7/h1-12,16,20,23-24H,13-15,17H2,(H,28,29,34);(H,6,7)/t20-,23+,24+;/m1./s1. The van der Waals surface area contributed by atoms with Crippen LogP contribution in [0, 0.1) is 0 Å². The Kier molecular flexibility index (Phi) is 7.83. The number of fused-ring (bicyclic) bond motifs is 1. The number of carbonyl (C=O) groups is 4. The third-order valence-electron chi connectivity index (χ3n) is 7.38. The van der Waals surface area contributed by atoms with Gasteiger partial charge >= 0.3 is 18.2 Å². The van der Waals surface area contributed by atoms with Crippen LogP contribution in [0.15, 0.2) is 79.1 Å². The van der Waals surface area contributed by atoms with Gasteiger partial charge in [-0.05, 0) is 17.5 Å². The smallest absolute Gasteiger partial charge is 0.430 e. The van der Waals surface area contributed by atoms with Gasteiger partial charge in [0, 0.05) is 31.1 Å². The fourth-order valence-electron chi connectivity index (χ4n) is 5.22. The highest BCUT2D eigenvalue weighted by molar-refractivity contribution is 6.06. The van der Waals surface area contributed by atoms with Gasteiger partial charge in [-0.1, -0.05) is 60.7 Å². The van der Waals surface area contributed by atoms with Crippen molar-refractivity contribution in [1.82, 2.24) is 14.7 Å². The lowest BCUT2D eigenvalue weighted by Gasteiger charge is -2.35. The number of halogens is 3. The van der Waals surface area contributed by atoms with Gasteiger partial charge in [0.2, 0.25) is 0 Å². The number of alkyl halides is 3. The van der Waals surface area contributed by atoms with Crippen LogP contribution in [0.4, 0.5) is 28.4 Å². The molecule has 0 unspecified atom stereocenters. The van der Waals surface area contributed by atoms with E-state index in [-0.39, 0.29) is 36.5 Å². The summed E-state index contributed by atoms with van der Waals surface area (Å²) in [4.78, 5) is 56.1. The van der Waals surface area contributed by atoms with Crippen LogP contribution < -0.4 is 15.4 Å². The number of anilines is 1. The van der Waals surface area contributed by atoms with Gasteiger partial charge in [0.15, 0.2) is 12.4 Å². The molecule has 3 heterocycles. The van der Waals surface area contributed by atoms with Gasteiger partial charge in [0.05, 0.1) is 17.8 Å². The Hall–Kier alpha value is -4.94. The van der Waals surface area contributed by atoms with Crippen LogP contribution in [0.3, 0.4) is 0 Å². The molecule has 3 atom stereocenters. The number of carboxylic acids is 1. The topological polar surface area (TPSA) is 127 Å². The van der Waals surface area contributed by atoms with Crippen LogP contribution in [0.1, 0.15) is 17.9 Å². The van der Waals surface area contributed by atoms with Crippen LogP contribution in [0.25, 0.3) is 11.1 Å². The molecule has 218 valence electrons. The second-order valence-corrected chi connectivity index (χ2v) is 10.0. The summed E-state index contributed by atoms with van der Waals surface area (Å²) in [6.07, 6.45) is -0.798. The number of aromatic amines is 1. The number of urea groups is 2. The zero-order valence-corrected chi connectivity index (χ0v) is 22.1. The number of amides is 5. The van der Waals surface area contributed by atoms with E-state index in [0.717, 1.165) is 23.1 Å². The number of hydrogen-bond acceptors (Lipinski definition) is 5. The molecular formula is C29H26F3N5O5. The van der Waals surface area contributed by atoms with Crippen LogP contribution in [-0.4, -0.2) is 76.5 Å². The van der Waals surface area contributed by atoms with Crippen molar-refractivity contribution in [2.75, 3.05) is 25.0 Å². The largest absolute Gasteiger partial charge is 0.542 e. The Morgan fingerprint density at radius 2 is 1.60 bits per heavy atom. The van der Waals surface area contributed by atoms with Crippen LogP contribution in [0.5, 0.6) is 0 Å². The van der Waals surface area contributed by atoms with Crippen LogP contribution in [0.2, 0.25) is 0 Å². The summed E-state index contributed by atoms with van der Waals surface area (Å²) in [5, 5.41) is 11.8. The number of aromatic nitrogens is 1.